The molecule has 2 N–H and O–H groups in total. The van der Waals surface area contributed by atoms with Crippen LogP contribution in [-0.2, 0) is 13.1 Å². The summed E-state index contributed by atoms with van der Waals surface area (Å²) in [6.45, 7) is 0.764. The summed E-state index contributed by atoms with van der Waals surface area (Å²) >= 11 is 0.00479. The summed E-state index contributed by atoms with van der Waals surface area (Å²) in [4.78, 5) is 0. The summed E-state index contributed by atoms with van der Waals surface area (Å²) in [7, 11) is 0. The van der Waals surface area contributed by atoms with E-state index in [1.165, 1.54) is 0 Å². The fraction of sp³-hybridized carbons (Fsp3) is 0.333. The zero-order chi connectivity index (χ0) is 13.2. The Bertz CT molecular complexity index is 534. The lowest BCUT2D eigenvalue weighted by Crippen LogP contribution is -2.06. The molecule has 18 heavy (non-hydrogen) atoms. The largest absolute Gasteiger partial charge is 0.441 e. The molecule has 0 saturated carbocycles. The number of nitrogens with zero attached hydrogens (tertiary/aromatic N) is 1. The first kappa shape index (κ1) is 13.3. The summed E-state index contributed by atoms with van der Waals surface area (Å²) in [5, 5.41) is 1.01. The van der Waals surface area contributed by atoms with Crippen LogP contribution in [0.4, 0.5) is 13.2 Å². The van der Waals surface area contributed by atoms with Crippen LogP contribution >= 0.6 is 11.8 Å². The maximum atomic E-state index is 12.1. The molecule has 1 aromatic carbocycles. The third-order valence-corrected chi connectivity index (χ3v) is 3.44. The zero-order valence-electron chi connectivity index (χ0n) is 9.57. The smallest absolute Gasteiger partial charge is 0.347 e. The molecule has 2 aromatic rings. The van der Waals surface area contributed by atoms with E-state index in [4.69, 9.17) is 5.73 Å². The predicted octanol–water partition coefficient (Wildman–Crippen LogP) is 3.35. The lowest BCUT2D eigenvalue weighted by atomic mass is 10.1. The van der Waals surface area contributed by atoms with Gasteiger partial charge in [-0.1, -0.05) is 12.1 Å². The highest BCUT2D eigenvalue weighted by Gasteiger charge is 2.27. The Labute approximate surface area is 107 Å². The molecule has 0 aliphatic carbocycles. The molecule has 1 aromatic heterocycles. The molecule has 0 amide bonds. The van der Waals surface area contributed by atoms with E-state index >= 15 is 0 Å². The highest BCUT2D eigenvalue weighted by Crippen LogP contribution is 2.30. The average Bonchev–Trinajstić information content (AvgIpc) is 2.71. The van der Waals surface area contributed by atoms with Crippen molar-refractivity contribution in [3.8, 4) is 0 Å². The third-order valence-electron chi connectivity index (χ3n) is 2.72. The van der Waals surface area contributed by atoms with Crippen LogP contribution in [0.2, 0.25) is 0 Å². The number of aryl methyl sites for hydroxylation is 1. The number of thioether (sulfide) groups is 1. The van der Waals surface area contributed by atoms with Crippen molar-refractivity contribution in [2.24, 2.45) is 5.73 Å². The first-order valence-corrected chi connectivity index (χ1v) is 6.47. The average molecular weight is 274 g/mol. The van der Waals surface area contributed by atoms with Crippen molar-refractivity contribution < 1.29 is 13.2 Å². The number of fused-ring (bicyclic) bond motifs is 1. The first-order chi connectivity index (χ1) is 8.51. The molecule has 0 unspecified atom stereocenters. The summed E-state index contributed by atoms with van der Waals surface area (Å²) in [5.41, 5.74) is 3.40. The fourth-order valence-corrected chi connectivity index (χ4v) is 2.44. The normalized spacial score (nSPS) is 12.2. The number of hydrogen-bond acceptors (Lipinski definition) is 2. The molecule has 0 bridgehead atoms. The van der Waals surface area contributed by atoms with Gasteiger partial charge in [0.2, 0.25) is 0 Å². The second kappa shape index (κ2) is 5.24. The molecule has 0 aliphatic heterocycles. The molecular formula is C12H13F3N2S. The van der Waals surface area contributed by atoms with Crippen LogP contribution in [0.1, 0.15) is 5.56 Å². The number of rotatable bonds is 4. The minimum Gasteiger partial charge on any atom is -0.347 e. The molecule has 6 heteroatoms. The van der Waals surface area contributed by atoms with Gasteiger partial charge < -0.3 is 10.3 Å². The van der Waals surface area contributed by atoms with Crippen molar-refractivity contribution in [1.82, 2.24) is 4.57 Å². The topological polar surface area (TPSA) is 30.9 Å². The van der Waals surface area contributed by atoms with E-state index in [-0.39, 0.29) is 17.5 Å². The fourth-order valence-electron chi connectivity index (χ4n) is 1.92. The highest BCUT2D eigenvalue weighted by molar-refractivity contribution is 8.00. The van der Waals surface area contributed by atoms with Crippen LogP contribution in [0, 0.1) is 0 Å². The van der Waals surface area contributed by atoms with Gasteiger partial charge in [0.05, 0.1) is 0 Å². The van der Waals surface area contributed by atoms with E-state index in [9.17, 15) is 13.2 Å². The van der Waals surface area contributed by atoms with Crippen molar-refractivity contribution in [2.45, 2.75) is 18.6 Å². The van der Waals surface area contributed by atoms with Crippen LogP contribution in [0.5, 0.6) is 0 Å². The van der Waals surface area contributed by atoms with Crippen molar-refractivity contribution in [1.29, 1.82) is 0 Å². The van der Waals surface area contributed by atoms with Gasteiger partial charge in [0.25, 0.3) is 0 Å². The number of aromatic nitrogens is 1. The Morgan fingerprint density at radius 3 is 2.67 bits per heavy atom. The van der Waals surface area contributed by atoms with Crippen molar-refractivity contribution >= 4 is 22.7 Å². The van der Waals surface area contributed by atoms with Gasteiger partial charge in [-0.05, 0) is 29.5 Å². The molecular weight excluding hydrogens is 261 g/mol. The van der Waals surface area contributed by atoms with Crippen LogP contribution < -0.4 is 5.73 Å². The van der Waals surface area contributed by atoms with Gasteiger partial charge >= 0.3 is 5.51 Å². The van der Waals surface area contributed by atoms with Crippen LogP contribution in [0.15, 0.2) is 30.5 Å². The molecule has 98 valence electrons. The maximum Gasteiger partial charge on any atom is 0.441 e. The van der Waals surface area contributed by atoms with E-state index < -0.39 is 5.51 Å². The maximum absolute atomic E-state index is 12.1. The molecule has 0 atom stereocenters. The zero-order valence-corrected chi connectivity index (χ0v) is 10.4. The Hall–Kier alpha value is -1.14. The molecule has 0 radical (unpaired) electrons. The van der Waals surface area contributed by atoms with Gasteiger partial charge in [0, 0.05) is 35.9 Å². The van der Waals surface area contributed by atoms with E-state index in [1.54, 1.807) is 6.20 Å². The van der Waals surface area contributed by atoms with Gasteiger partial charge in [0.1, 0.15) is 0 Å². The number of alkyl halides is 3. The van der Waals surface area contributed by atoms with Crippen LogP contribution in [0.3, 0.4) is 0 Å². The Balaban J connectivity index is 2.15. The molecule has 0 saturated heterocycles. The summed E-state index contributed by atoms with van der Waals surface area (Å²) in [6.07, 6.45) is 1.81. The Morgan fingerprint density at radius 1 is 1.22 bits per heavy atom. The van der Waals surface area contributed by atoms with E-state index in [2.05, 4.69) is 0 Å². The minimum absolute atomic E-state index is 0.00479. The Kier molecular flexibility index (Phi) is 3.87. The SMILES string of the molecule is NCc1cccc2c1ccn2CCSC(F)(F)F. The van der Waals surface area contributed by atoms with Gasteiger partial charge in [0.15, 0.2) is 0 Å². The highest BCUT2D eigenvalue weighted by atomic mass is 32.2. The van der Waals surface area contributed by atoms with Crippen molar-refractivity contribution in [2.75, 3.05) is 5.75 Å². The second-order valence-electron chi connectivity index (χ2n) is 3.86. The molecule has 0 fully saturated rings. The summed E-state index contributed by atoms with van der Waals surface area (Å²) in [5.74, 6) is 0.0140. The monoisotopic (exact) mass is 274 g/mol. The van der Waals surface area contributed by atoms with Crippen LogP contribution in [0.25, 0.3) is 10.9 Å². The van der Waals surface area contributed by atoms with Gasteiger partial charge in [-0.2, -0.15) is 13.2 Å². The third kappa shape index (κ3) is 3.00. The number of halogens is 3. The van der Waals surface area contributed by atoms with Gasteiger partial charge in [-0.3, -0.25) is 0 Å². The first-order valence-electron chi connectivity index (χ1n) is 5.49. The van der Waals surface area contributed by atoms with E-state index in [1.807, 2.05) is 28.8 Å². The Morgan fingerprint density at radius 2 is 2.00 bits per heavy atom. The summed E-state index contributed by atoms with van der Waals surface area (Å²) < 4.78 is 38.0. The molecule has 0 aliphatic rings. The van der Waals surface area contributed by atoms with Gasteiger partial charge in [-0.15, -0.1) is 0 Å². The second-order valence-corrected chi connectivity index (χ2v) is 5.02. The molecule has 1 heterocycles. The quantitative estimate of drug-likeness (QED) is 0.927. The van der Waals surface area contributed by atoms with E-state index in [0.717, 1.165) is 16.5 Å². The number of hydrogen-bond donors (Lipinski definition) is 1. The lowest BCUT2D eigenvalue weighted by molar-refractivity contribution is -0.0328. The van der Waals surface area contributed by atoms with Gasteiger partial charge in [-0.25, -0.2) is 0 Å². The predicted molar refractivity (Wildman–Crippen MR) is 68.3 cm³/mol. The van der Waals surface area contributed by atoms with Crippen molar-refractivity contribution in [3.63, 3.8) is 0 Å². The number of benzene rings is 1. The summed E-state index contributed by atoms with van der Waals surface area (Å²) in [6, 6.07) is 7.59. The van der Waals surface area contributed by atoms with Crippen LogP contribution in [-0.4, -0.2) is 15.8 Å². The molecule has 0 spiro atoms. The minimum atomic E-state index is -4.16. The number of nitrogens with two attached hydrogens (primary N) is 1. The molecule has 2 rings (SSSR count). The molecule has 2 nitrogen and oxygen atoms in total. The van der Waals surface area contributed by atoms with Crippen molar-refractivity contribution in [3.05, 3.63) is 36.0 Å². The standard InChI is InChI=1S/C12H13F3N2S/c13-12(14,15)18-7-6-17-5-4-10-9(8-16)2-1-3-11(10)17/h1-5H,6-8,16H2. The lowest BCUT2D eigenvalue weighted by Gasteiger charge is -2.08. The van der Waals surface area contributed by atoms with E-state index in [0.29, 0.717) is 13.1 Å².